The van der Waals surface area contributed by atoms with Gasteiger partial charge in [-0.25, -0.2) is 4.79 Å². The second-order valence-electron chi connectivity index (χ2n) is 7.85. The van der Waals surface area contributed by atoms with E-state index >= 15 is 0 Å². The highest BCUT2D eigenvalue weighted by atomic mass is 16.6. The lowest BCUT2D eigenvalue weighted by Crippen LogP contribution is -2.43. The first-order chi connectivity index (χ1) is 11.2. The number of nitrogens with zero attached hydrogens (tertiary/aromatic N) is 1. The summed E-state index contributed by atoms with van der Waals surface area (Å²) >= 11 is 0. The van der Waals surface area contributed by atoms with Crippen LogP contribution in [0.5, 0.6) is 0 Å². The summed E-state index contributed by atoms with van der Waals surface area (Å²) in [7, 11) is 0. The molecule has 0 aliphatic heterocycles. The van der Waals surface area contributed by atoms with Gasteiger partial charge in [-0.1, -0.05) is 6.07 Å². The molecular weight excluding hydrogens is 302 g/mol. The predicted octanol–water partition coefficient (Wildman–Crippen LogP) is 3.62. The van der Waals surface area contributed by atoms with Crippen LogP contribution in [0.3, 0.4) is 0 Å². The molecule has 0 spiro atoms. The highest BCUT2D eigenvalue weighted by Gasteiger charge is 2.24. The normalized spacial score (nSPS) is 21.4. The first kappa shape index (κ1) is 18.7. The largest absolute Gasteiger partial charge is 0.444 e. The van der Waals surface area contributed by atoms with Gasteiger partial charge >= 0.3 is 6.09 Å². The molecule has 5 heteroatoms. The van der Waals surface area contributed by atoms with Crippen molar-refractivity contribution in [2.45, 2.75) is 84.5 Å². The van der Waals surface area contributed by atoms with E-state index in [0.29, 0.717) is 6.04 Å². The van der Waals surface area contributed by atoms with E-state index in [1.54, 1.807) is 0 Å². The number of carbonyl (C=O) groups excluding carboxylic acids is 1. The molecule has 1 fully saturated rings. The zero-order chi connectivity index (χ0) is 17.7. The van der Waals surface area contributed by atoms with Crippen molar-refractivity contribution >= 4 is 6.09 Å². The van der Waals surface area contributed by atoms with Gasteiger partial charge in [0.05, 0.1) is 5.69 Å². The van der Waals surface area contributed by atoms with E-state index in [-0.39, 0.29) is 12.1 Å². The van der Waals surface area contributed by atoms with Crippen molar-refractivity contribution in [2.24, 2.45) is 0 Å². The first-order valence-electron chi connectivity index (χ1n) is 8.88. The lowest BCUT2D eigenvalue weighted by molar-refractivity contribution is 0.0489. The van der Waals surface area contributed by atoms with Crippen LogP contribution in [0.2, 0.25) is 0 Å². The number of rotatable bonds is 4. The van der Waals surface area contributed by atoms with Crippen molar-refractivity contribution in [3.05, 3.63) is 29.1 Å². The number of pyridine rings is 1. The van der Waals surface area contributed by atoms with Crippen molar-refractivity contribution in [1.82, 2.24) is 15.6 Å². The highest BCUT2D eigenvalue weighted by molar-refractivity contribution is 5.68. The van der Waals surface area contributed by atoms with Crippen molar-refractivity contribution in [3.8, 4) is 0 Å². The number of amides is 1. The minimum Gasteiger partial charge on any atom is -0.444 e. The van der Waals surface area contributed by atoms with Gasteiger partial charge in [0.15, 0.2) is 0 Å². The Bertz CT molecular complexity index is 558. The maximum Gasteiger partial charge on any atom is 0.407 e. The minimum atomic E-state index is -0.443. The molecule has 134 valence electrons. The first-order valence-corrected chi connectivity index (χ1v) is 8.88. The highest BCUT2D eigenvalue weighted by Crippen LogP contribution is 2.20. The fraction of sp³-hybridized carbons (Fsp3) is 0.684. The van der Waals surface area contributed by atoms with E-state index < -0.39 is 5.60 Å². The van der Waals surface area contributed by atoms with Crippen molar-refractivity contribution < 1.29 is 9.53 Å². The molecule has 0 aromatic carbocycles. The van der Waals surface area contributed by atoms with Crippen LogP contribution in [0.15, 0.2) is 12.3 Å². The van der Waals surface area contributed by atoms with Gasteiger partial charge < -0.3 is 15.4 Å². The Balaban J connectivity index is 1.72. The lowest BCUT2D eigenvalue weighted by atomic mass is 9.91. The number of aryl methyl sites for hydroxylation is 2. The summed E-state index contributed by atoms with van der Waals surface area (Å²) in [6, 6.07) is 2.88. The van der Waals surface area contributed by atoms with Gasteiger partial charge in [-0.3, -0.25) is 4.98 Å². The molecule has 1 amide bonds. The Hall–Kier alpha value is -1.62. The lowest BCUT2D eigenvalue weighted by Gasteiger charge is -2.30. The molecule has 1 aliphatic rings. The minimum absolute atomic E-state index is 0.220. The molecule has 1 saturated carbocycles. The van der Waals surface area contributed by atoms with E-state index in [1.807, 2.05) is 27.0 Å². The third kappa shape index (κ3) is 6.11. The van der Waals surface area contributed by atoms with Crippen LogP contribution in [0, 0.1) is 13.8 Å². The van der Waals surface area contributed by atoms with Gasteiger partial charge in [0.1, 0.15) is 5.60 Å². The van der Waals surface area contributed by atoms with Crippen molar-refractivity contribution in [1.29, 1.82) is 0 Å². The zero-order valence-electron chi connectivity index (χ0n) is 15.6. The van der Waals surface area contributed by atoms with E-state index in [4.69, 9.17) is 4.74 Å². The molecule has 1 heterocycles. The Morgan fingerprint density at radius 2 is 1.83 bits per heavy atom. The topological polar surface area (TPSA) is 63.2 Å². The van der Waals surface area contributed by atoms with Crippen LogP contribution in [0.4, 0.5) is 4.79 Å². The standard InChI is InChI=1S/C19H31N3O2/c1-13-10-14(2)17(21-11-13)12-20-15-6-8-16(9-7-15)22-18(23)24-19(3,4)5/h10-11,15-16,20H,6-9,12H2,1-5H3,(H,22,23). The summed E-state index contributed by atoms with van der Waals surface area (Å²) in [5.74, 6) is 0. The van der Waals surface area contributed by atoms with Crippen LogP contribution in [-0.4, -0.2) is 28.8 Å². The maximum atomic E-state index is 11.8. The molecule has 0 unspecified atom stereocenters. The summed E-state index contributed by atoms with van der Waals surface area (Å²) in [6.45, 7) is 10.6. The smallest absolute Gasteiger partial charge is 0.407 e. The molecule has 0 bridgehead atoms. The number of alkyl carbamates (subject to hydrolysis) is 1. The van der Waals surface area contributed by atoms with Crippen LogP contribution >= 0.6 is 0 Å². The molecule has 2 rings (SSSR count). The second-order valence-corrected chi connectivity index (χ2v) is 7.85. The number of hydrogen-bond donors (Lipinski definition) is 2. The van der Waals surface area contributed by atoms with Crippen LogP contribution in [0.25, 0.3) is 0 Å². The number of carbonyl (C=O) groups is 1. The maximum absolute atomic E-state index is 11.8. The third-order valence-electron chi connectivity index (χ3n) is 4.33. The van der Waals surface area contributed by atoms with Crippen LogP contribution < -0.4 is 10.6 Å². The number of nitrogens with one attached hydrogen (secondary N) is 2. The van der Waals surface area contributed by atoms with E-state index in [0.717, 1.165) is 37.9 Å². The fourth-order valence-electron chi connectivity index (χ4n) is 3.09. The fourth-order valence-corrected chi connectivity index (χ4v) is 3.09. The van der Waals surface area contributed by atoms with Crippen molar-refractivity contribution in [2.75, 3.05) is 0 Å². The average molecular weight is 333 g/mol. The van der Waals surface area contributed by atoms with Crippen LogP contribution in [0.1, 0.15) is 63.3 Å². The van der Waals surface area contributed by atoms with Gasteiger partial charge in [0, 0.05) is 24.8 Å². The molecule has 0 atom stereocenters. The Morgan fingerprint density at radius 1 is 1.21 bits per heavy atom. The SMILES string of the molecule is Cc1cnc(CNC2CCC(NC(=O)OC(C)(C)C)CC2)c(C)c1. The molecule has 1 aromatic rings. The number of hydrogen-bond acceptors (Lipinski definition) is 4. The van der Waals surface area contributed by atoms with Gasteiger partial charge in [0.25, 0.3) is 0 Å². The number of ether oxygens (including phenoxy) is 1. The quantitative estimate of drug-likeness (QED) is 0.883. The van der Waals surface area contributed by atoms with E-state index in [2.05, 4.69) is 35.5 Å². The molecule has 1 aromatic heterocycles. The summed E-state index contributed by atoms with van der Waals surface area (Å²) in [4.78, 5) is 16.3. The molecule has 24 heavy (non-hydrogen) atoms. The van der Waals surface area contributed by atoms with Gasteiger partial charge in [-0.2, -0.15) is 0 Å². The summed E-state index contributed by atoms with van der Waals surface area (Å²) < 4.78 is 5.32. The van der Waals surface area contributed by atoms with E-state index in [1.165, 1.54) is 11.1 Å². The third-order valence-corrected chi connectivity index (χ3v) is 4.33. The molecular formula is C19H31N3O2. The number of aromatic nitrogens is 1. The summed E-state index contributed by atoms with van der Waals surface area (Å²) in [6.07, 6.45) is 5.70. The molecule has 0 radical (unpaired) electrons. The molecule has 1 aliphatic carbocycles. The summed E-state index contributed by atoms with van der Waals surface area (Å²) in [5, 5.41) is 6.59. The van der Waals surface area contributed by atoms with Gasteiger partial charge in [-0.05, 0) is 71.4 Å². The Morgan fingerprint density at radius 3 is 2.42 bits per heavy atom. The summed E-state index contributed by atoms with van der Waals surface area (Å²) in [5.41, 5.74) is 3.12. The zero-order valence-corrected chi connectivity index (χ0v) is 15.6. The predicted molar refractivity (Wildman–Crippen MR) is 96.0 cm³/mol. The molecule has 0 saturated heterocycles. The van der Waals surface area contributed by atoms with Gasteiger partial charge in [0.2, 0.25) is 0 Å². The van der Waals surface area contributed by atoms with Crippen molar-refractivity contribution in [3.63, 3.8) is 0 Å². The van der Waals surface area contributed by atoms with Gasteiger partial charge in [-0.15, -0.1) is 0 Å². The Kier molecular flexibility index (Phi) is 6.21. The van der Waals surface area contributed by atoms with Crippen LogP contribution in [-0.2, 0) is 11.3 Å². The Labute approximate surface area is 145 Å². The molecule has 5 nitrogen and oxygen atoms in total. The molecule has 2 N–H and O–H groups in total. The van der Waals surface area contributed by atoms with E-state index in [9.17, 15) is 4.79 Å². The average Bonchev–Trinajstić information content (AvgIpc) is 2.46. The second kappa shape index (κ2) is 7.97. The monoisotopic (exact) mass is 333 g/mol.